The molecular formula is C11H13NO. The van der Waals surface area contributed by atoms with E-state index in [0.717, 1.165) is 29.9 Å². The maximum Gasteiger partial charge on any atom is 0.107 e. The molecule has 0 amide bonds. The molecule has 0 aliphatic heterocycles. The van der Waals surface area contributed by atoms with Crippen LogP contribution in [0.15, 0.2) is 4.42 Å². The van der Waals surface area contributed by atoms with Crippen LogP contribution in [0.3, 0.4) is 0 Å². The molecule has 2 rings (SSSR count). The smallest absolute Gasteiger partial charge is 0.107 e. The number of nitriles is 1. The van der Waals surface area contributed by atoms with Gasteiger partial charge in [-0.05, 0) is 32.3 Å². The molecule has 1 heterocycles. The monoisotopic (exact) mass is 175 g/mol. The van der Waals surface area contributed by atoms with Crippen molar-refractivity contribution in [3.8, 4) is 6.07 Å². The molecule has 2 heteroatoms. The zero-order valence-corrected chi connectivity index (χ0v) is 8.05. The van der Waals surface area contributed by atoms with Gasteiger partial charge in [0, 0.05) is 12.0 Å². The van der Waals surface area contributed by atoms with Crippen LogP contribution in [0.2, 0.25) is 0 Å². The molecule has 1 aliphatic rings. The first-order valence-electron chi connectivity index (χ1n) is 4.74. The van der Waals surface area contributed by atoms with Crippen molar-refractivity contribution in [1.29, 1.82) is 5.26 Å². The Morgan fingerprint density at radius 3 is 2.92 bits per heavy atom. The Labute approximate surface area is 78.2 Å². The van der Waals surface area contributed by atoms with Crippen LogP contribution < -0.4 is 0 Å². The van der Waals surface area contributed by atoms with Gasteiger partial charge in [0.25, 0.3) is 0 Å². The van der Waals surface area contributed by atoms with Gasteiger partial charge in [-0.25, -0.2) is 0 Å². The van der Waals surface area contributed by atoms with Gasteiger partial charge in [0.1, 0.15) is 11.5 Å². The molecule has 0 bridgehead atoms. The Balaban J connectivity index is 2.51. The Bertz CT molecular complexity index is 370. The standard InChI is InChI=1S/C11H13NO/c1-7(6-12)11-8(2)13-10-5-3-4-9(10)11/h7H,3-5H2,1-2H3. The largest absolute Gasteiger partial charge is 0.466 e. The number of fused-ring (bicyclic) bond motifs is 1. The highest BCUT2D eigenvalue weighted by Gasteiger charge is 2.24. The summed E-state index contributed by atoms with van der Waals surface area (Å²) in [5, 5.41) is 8.87. The van der Waals surface area contributed by atoms with Gasteiger partial charge in [0.15, 0.2) is 0 Å². The first-order valence-corrected chi connectivity index (χ1v) is 4.74. The zero-order chi connectivity index (χ0) is 9.42. The third-order valence-corrected chi connectivity index (χ3v) is 2.77. The molecule has 0 spiro atoms. The minimum absolute atomic E-state index is 0.0226. The van der Waals surface area contributed by atoms with Gasteiger partial charge in [-0.3, -0.25) is 0 Å². The fourth-order valence-corrected chi connectivity index (χ4v) is 2.20. The molecule has 1 aromatic rings. The maximum atomic E-state index is 8.87. The molecule has 0 fully saturated rings. The normalized spacial score (nSPS) is 16.7. The van der Waals surface area contributed by atoms with Crippen LogP contribution in [-0.2, 0) is 12.8 Å². The second-order valence-corrected chi connectivity index (χ2v) is 3.68. The Hall–Kier alpha value is -1.23. The van der Waals surface area contributed by atoms with Crippen LogP contribution in [0.25, 0.3) is 0 Å². The van der Waals surface area contributed by atoms with Gasteiger partial charge in [-0.1, -0.05) is 0 Å². The third kappa shape index (κ3) is 1.16. The fraction of sp³-hybridized carbons (Fsp3) is 0.545. The number of nitrogens with zero attached hydrogens (tertiary/aromatic N) is 1. The van der Waals surface area contributed by atoms with E-state index in [-0.39, 0.29) is 5.92 Å². The van der Waals surface area contributed by atoms with Gasteiger partial charge < -0.3 is 4.42 Å². The van der Waals surface area contributed by atoms with Crippen LogP contribution in [0.5, 0.6) is 0 Å². The highest BCUT2D eigenvalue weighted by Crippen LogP contribution is 2.34. The van der Waals surface area contributed by atoms with Crippen LogP contribution in [-0.4, -0.2) is 0 Å². The average Bonchev–Trinajstić information content (AvgIpc) is 2.62. The van der Waals surface area contributed by atoms with Gasteiger partial charge in [0.05, 0.1) is 12.0 Å². The Morgan fingerprint density at radius 1 is 1.46 bits per heavy atom. The predicted octanol–water partition coefficient (Wildman–Crippen LogP) is 2.70. The first-order chi connectivity index (χ1) is 6.24. The van der Waals surface area contributed by atoms with Crippen LogP contribution in [0.4, 0.5) is 0 Å². The van der Waals surface area contributed by atoms with Crippen molar-refractivity contribution in [3.63, 3.8) is 0 Å². The van der Waals surface area contributed by atoms with Crippen molar-refractivity contribution in [2.75, 3.05) is 0 Å². The second kappa shape index (κ2) is 2.92. The maximum absolute atomic E-state index is 8.87. The van der Waals surface area contributed by atoms with Crippen molar-refractivity contribution >= 4 is 0 Å². The van der Waals surface area contributed by atoms with E-state index in [4.69, 9.17) is 9.68 Å². The number of hydrogen-bond acceptors (Lipinski definition) is 2. The molecule has 0 aromatic carbocycles. The summed E-state index contributed by atoms with van der Waals surface area (Å²) in [4.78, 5) is 0. The molecule has 1 aromatic heterocycles. The van der Waals surface area contributed by atoms with E-state index in [1.54, 1.807) is 0 Å². The van der Waals surface area contributed by atoms with Crippen molar-refractivity contribution in [1.82, 2.24) is 0 Å². The minimum Gasteiger partial charge on any atom is -0.466 e. The van der Waals surface area contributed by atoms with Crippen LogP contribution in [0, 0.1) is 18.3 Å². The molecule has 0 saturated carbocycles. The summed E-state index contributed by atoms with van der Waals surface area (Å²) in [7, 11) is 0. The summed E-state index contributed by atoms with van der Waals surface area (Å²) < 4.78 is 5.63. The summed E-state index contributed by atoms with van der Waals surface area (Å²) in [5.74, 6) is 2.04. The lowest BCUT2D eigenvalue weighted by Gasteiger charge is -2.02. The first kappa shape index (κ1) is 8.37. The van der Waals surface area contributed by atoms with Gasteiger partial charge >= 0.3 is 0 Å². The number of hydrogen-bond donors (Lipinski definition) is 0. The lowest BCUT2D eigenvalue weighted by atomic mass is 9.98. The van der Waals surface area contributed by atoms with E-state index >= 15 is 0 Å². The van der Waals surface area contributed by atoms with Gasteiger partial charge in [-0.15, -0.1) is 0 Å². The van der Waals surface area contributed by atoms with E-state index in [0.29, 0.717) is 0 Å². The number of aryl methyl sites for hydroxylation is 2. The number of rotatable bonds is 1. The summed E-state index contributed by atoms with van der Waals surface area (Å²) in [5.41, 5.74) is 2.46. The van der Waals surface area contributed by atoms with Crippen molar-refractivity contribution in [2.45, 2.75) is 39.0 Å². The molecule has 0 saturated heterocycles. The molecule has 13 heavy (non-hydrogen) atoms. The fourth-order valence-electron chi connectivity index (χ4n) is 2.20. The SMILES string of the molecule is Cc1oc2c(c1C(C)C#N)CCC2. The van der Waals surface area contributed by atoms with Crippen LogP contribution >= 0.6 is 0 Å². The van der Waals surface area contributed by atoms with Crippen molar-refractivity contribution in [2.24, 2.45) is 0 Å². The molecule has 68 valence electrons. The number of furan rings is 1. The summed E-state index contributed by atoms with van der Waals surface area (Å²) >= 11 is 0. The van der Waals surface area contributed by atoms with E-state index in [1.165, 1.54) is 12.0 Å². The van der Waals surface area contributed by atoms with Crippen molar-refractivity contribution in [3.05, 3.63) is 22.6 Å². The molecular weight excluding hydrogens is 162 g/mol. The van der Waals surface area contributed by atoms with E-state index in [2.05, 4.69) is 6.07 Å². The van der Waals surface area contributed by atoms with Crippen LogP contribution in [0.1, 0.15) is 41.9 Å². The molecule has 1 unspecified atom stereocenters. The molecule has 1 aliphatic carbocycles. The highest BCUT2D eigenvalue weighted by molar-refractivity contribution is 5.40. The summed E-state index contributed by atoms with van der Waals surface area (Å²) in [6.07, 6.45) is 3.32. The second-order valence-electron chi connectivity index (χ2n) is 3.68. The quantitative estimate of drug-likeness (QED) is 0.658. The summed E-state index contributed by atoms with van der Waals surface area (Å²) in [6, 6.07) is 2.28. The Kier molecular flexibility index (Phi) is 1.88. The van der Waals surface area contributed by atoms with E-state index in [1.807, 2.05) is 13.8 Å². The zero-order valence-electron chi connectivity index (χ0n) is 8.05. The molecule has 0 N–H and O–H groups in total. The van der Waals surface area contributed by atoms with E-state index in [9.17, 15) is 0 Å². The van der Waals surface area contributed by atoms with Gasteiger partial charge in [-0.2, -0.15) is 5.26 Å². The minimum atomic E-state index is -0.0226. The molecule has 1 atom stereocenters. The average molecular weight is 175 g/mol. The highest BCUT2D eigenvalue weighted by atomic mass is 16.3. The third-order valence-electron chi connectivity index (χ3n) is 2.77. The van der Waals surface area contributed by atoms with Gasteiger partial charge in [0.2, 0.25) is 0 Å². The van der Waals surface area contributed by atoms with Crippen molar-refractivity contribution < 1.29 is 4.42 Å². The molecule has 0 radical (unpaired) electrons. The Morgan fingerprint density at radius 2 is 2.23 bits per heavy atom. The van der Waals surface area contributed by atoms with E-state index < -0.39 is 0 Å². The lowest BCUT2D eigenvalue weighted by Crippen LogP contribution is -1.94. The lowest BCUT2D eigenvalue weighted by molar-refractivity contribution is 0.484. The topological polar surface area (TPSA) is 36.9 Å². The predicted molar refractivity (Wildman–Crippen MR) is 49.5 cm³/mol. The molecule has 2 nitrogen and oxygen atoms in total. The summed E-state index contributed by atoms with van der Waals surface area (Å²) in [6.45, 7) is 3.90.